The molecule has 0 saturated heterocycles. The van der Waals surface area contributed by atoms with E-state index in [1.807, 2.05) is 18.2 Å². The second-order valence-electron chi connectivity index (χ2n) is 3.15. The Labute approximate surface area is 82.8 Å². The molecular weight excluding hydrogens is 178 g/mol. The molecule has 0 atom stereocenters. The first kappa shape index (κ1) is 9.02. The van der Waals surface area contributed by atoms with Crippen LogP contribution in [0.1, 0.15) is 11.1 Å². The van der Waals surface area contributed by atoms with E-state index in [-0.39, 0.29) is 0 Å². The zero-order valence-corrected chi connectivity index (χ0v) is 8.08. The minimum Gasteiger partial charge on any atom is -0.497 e. The van der Waals surface area contributed by atoms with E-state index in [1.54, 1.807) is 7.11 Å². The van der Waals surface area contributed by atoms with Crippen LogP contribution in [-0.2, 0) is 6.42 Å². The lowest BCUT2D eigenvalue weighted by Crippen LogP contribution is -2.33. The molecular formula is C10H13N3O. The summed E-state index contributed by atoms with van der Waals surface area (Å²) in [7, 11) is 1.67. The second kappa shape index (κ2) is 3.67. The molecule has 0 aromatic heterocycles. The highest BCUT2D eigenvalue weighted by molar-refractivity contribution is 6.00. The van der Waals surface area contributed by atoms with Crippen LogP contribution in [0.2, 0.25) is 0 Å². The van der Waals surface area contributed by atoms with Crippen LogP contribution in [0.5, 0.6) is 5.75 Å². The van der Waals surface area contributed by atoms with Gasteiger partial charge in [0.25, 0.3) is 0 Å². The number of hydrazine groups is 1. The number of nitrogens with two attached hydrogens (primary N) is 1. The predicted molar refractivity (Wildman–Crippen MR) is 55.4 cm³/mol. The van der Waals surface area contributed by atoms with Gasteiger partial charge in [-0.05, 0) is 30.2 Å². The number of nitrogens with zero attached hydrogens (tertiary/aromatic N) is 1. The Kier molecular flexibility index (Phi) is 2.37. The van der Waals surface area contributed by atoms with Crippen LogP contribution in [0.25, 0.3) is 0 Å². The normalized spacial score (nSPS) is 14.3. The van der Waals surface area contributed by atoms with Gasteiger partial charge in [-0.2, -0.15) is 0 Å². The second-order valence-corrected chi connectivity index (χ2v) is 3.15. The minimum absolute atomic E-state index is 0.758. The molecule has 1 aromatic rings. The molecule has 0 saturated carbocycles. The molecule has 2 rings (SSSR count). The lowest BCUT2D eigenvalue weighted by Gasteiger charge is -2.16. The molecule has 74 valence electrons. The summed E-state index contributed by atoms with van der Waals surface area (Å²) in [5.41, 5.74) is 4.90. The number of benzene rings is 1. The number of ether oxygens (including phenoxy) is 1. The van der Waals surface area contributed by atoms with Crippen LogP contribution in [0.15, 0.2) is 23.2 Å². The SMILES string of the molecule is COc1ccc2c(c1)CCN=C2NN. The molecule has 1 aromatic carbocycles. The fraction of sp³-hybridized carbons (Fsp3) is 0.300. The van der Waals surface area contributed by atoms with E-state index < -0.39 is 0 Å². The minimum atomic E-state index is 0.758. The molecule has 0 bridgehead atoms. The number of fused-ring (bicyclic) bond motifs is 1. The molecule has 4 nitrogen and oxygen atoms in total. The number of rotatable bonds is 1. The number of hydrogen-bond acceptors (Lipinski definition) is 4. The van der Waals surface area contributed by atoms with Crippen molar-refractivity contribution in [1.82, 2.24) is 5.43 Å². The average Bonchev–Trinajstić information content (AvgIpc) is 2.27. The first-order chi connectivity index (χ1) is 6.85. The maximum Gasteiger partial charge on any atom is 0.142 e. The molecule has 0 spiro atoms. The van der Waals surface area contributed by atoms with Crippen molar-refractivity contribution in [2.75, 3.05) is 13.7 Å². The third-order valence-electron chi connectivity index (χ3n) is 2.36. The largest absolute Gasteiger partial charge is 0.497 e. The van der Waals surface area contributed by atoms with Gasteiger partial charge in [-0.1, -0.05) is 0 Å². The van der Waals surface area contributed by atoms with Gasteiger partial charge in [0.05, 0.1) is 7.11 Å². The summed E-state index contributed by atoms with van der Waals surface area (Å²) in [6.45, 7) is 0.777. The molecule has 1 aliphatic heterocycles. The topological polar surface area (TPSA) is 59.6 Å². The van der Waals surface area contributed by atoms with Crippen LogP contribution < -0.4 is 16.0 Å². The molecule has 14 heavy (non-hydrogen) atoms. The van der Waals surface area contributed by atoms with Gasteiger partial charge in [-0.3, -0.25) is 4.99 Å². The van der Waals surface area contributed by atoms with Gasteiger partial charge < -0.3 is 10.2 Å². The summed E-state index contributed by atoms with van der Waals surface area (Å²) >= 11 is 0. The Hall–Kier alpha value is -1.55. The molecule has 4 heteroatoms. The van der Waals surface area contributed by atoms with E-state index in [2.05, 4.69) is 10.4 Å². The predicted octanol–water partition coefficient (Wildman–Crippen LogP) is 0.461. The lowest BCUT2D eigenvalue weighted by atomic mass is 10.0. The van der Waals surface area contributed by atoms with Gasteiger partial charge in [0, 0.05) is 12.1 Å². The molecule has 0 fully saturated rings. The van der Waals surface area contributed by atoms with E-state index in [1.165, 1.54) is 5.56 Å². The number of hydrogen-bond donors (Lipinski definition) is 2. The first-order valence-corrected chi connectivity index (χ1v) is 4.53. The summed E-state index contributed by atoms with van der Waals surface area (Å²) in [4.78, 5) is 4.28. The van der Waals surface area contributed by atoms with Crippen molar-refractivity contribution in [2.24, 2.45) is 10.8 Å². The van der Waals surface area contributed by atoms with Crippen LogP contribution in [0, 0.1) is 0 Å². The molecule has 0 unspecified atom stereocenters. The summed E-state index contributed by atoms with van der Waals surface area (Å²) in [6.07, 6.45) is 0.942. The molecule has 1 aliphatic rings. The number of methoxy groups -OCH3 is 1. The van der Waals surface area contributed by atoms with Crippen molar-refractivity contribution in [1.29, 1.82) is 0 Å². The van der Waals surface area contributed by atoms with E-state index in [4.69, 9.17) is 10.6 Å². The highest BCUT2D eigenvalue weighted by Crippen LogP contribution is 2.20. The summed E-state index contributed by atoms with van der Waals surface area (Å²) < 4.78 is 5.16. The van der Waals surface area contributed by atoms with Gasteiger partial charge in [-0.15, -0.1) is 0 Å². The van der Waals surface area contributed by atoms with Crippen molar-refractivity contribution in [3.8, 4) is 5.75 Å². The van der Waals surface area contributed by atoms with Gasteiger partial charge in [0.2, 0.25) is 0 Å². The lowest BCUT2D eigenvalue weighted by molar-refractivity contribution is 0.414. The number of nitrogens with one attached hydrogen (secondary N) is 1. The van der Waals surface area contributed by atoms with Gasteiger partial charge in [0.1, 0.15) is 11.6 Å². The quantitative estimate of drug-likeness (QED) is 0.501. The molecule has 1 heterocycles. The van der Waals surface area contributed by atoms with Crippen LogP contribution >= 0.6 is 0 Å². The van der Waals surface area contributed by atoms with Crippen molar-refractivity contribution in [3.63, 3.8) is 0 Å². The number of amidine groups is 1. The Morgan fingerprint density at radius 3 is 3.07 bits per heavy atom. The van der Waals surface area contributed by atoms with Crippen molar-refractivity contribution < 1.29 is 4.74 Å². The zero-order chi connectivity index (χ0) is 9.97. The maximum absolute atomic E-state index is 5.38. The van der Waals surface area contributed by atoms with Gasteiger partial charge in [-0.25, -0.2) is 5.84 Å². The fourth-order valence-corrected chi connectivity index (χ4v) is 1.63. The van der Waals surface area contributed by atoms with E-state index in [0.717, 1.165) is 30.1 Å². The molecule has 3 N–H and O–H groups in total. The molecule has 0 amide bonds. The van der Waals surface area contributed by atoms with Crippen LogP contribution in [-0.4, -0.2) is 19.5 Å². The summed E-state index contributed by atoms with van der Waals surface area (Å²) in [5.74, 6) is 7.01. The van der Waals surface area contributed by atoms with E-state index in [9.17, 15) is 0 Å². The van der Waals surface area contributed by atoms with Crippen molar-refractivity contribution in [2.45, 2.75) is 6.42 Å². The molecule has 0 aliphatic carbocycles. The van der Waals surface area contributed by atoms with Crippen LogP contribution in [0.3, 0.4) is 0 Å². The van der Waals surface area contributed by atoms with E-state index in [0.29, 0.717) is 0 Å². The maximum atomic E-state index is 5.38. The fourth-order valence-electron chi connectivity index (χ4n) is 1.63. The highest BCUT2D eigenvalue weighted by Gasteiger charge is 2.13. The third kappa shape index (κ3) is 1.44. The summed E-state index contributed by atoms with van der Waals surface area (Å²) in [5, 5.41) is 0. The van der Waals surface area contributed by atoms with Gasteiger partial charge in [0.15, 0.2) is 0 Å². The van der Waals surface area contributed by atoms with Gasteiger partial charge >= 0.3 is 0 Å². The van der Waals surface area contributed by atoms with Crippen LogP contribution in [0.4, 0.5) is 0 Å². The Morgan fingerprint density at radius 1 is 1.50 bits per heavy atom. The Bertz CT molecular complexity index is 374. The Balaban J connectivity index is 2.43. The monoisotopic (exact) mass is 191 g/mol. The van der Waals surface area contributed by atoms with Crippen molar-refractivity contribution in [3.05, 3.63) is 29.3 Å². The standard InChI is InChI=1S/C10H13N3O/c1-14-8-2-3-9-7(6-8)4-5-12-10(9)13-11/h2-3,6H,4-5,11H2,1H3,(H,12,13). The summed E-state index contributed by atoms with van der Waals surface area (Å²) in [6, 6.07) is 5.92. The average molecular weight is 191 g/mol. The highest BCUT2D eigenvalue weighted by atomic mass is 16.5. The van der Waals surface area contributed by atoms with Crippen molar-refractivity contribution >= 4 is 5.84 Å². The first-order valence-electron chi connectivity index (χ1n) is 4.53. The number of aliphatic imine (C=N–C) groups is 1. The Morgan fingerprint density at radius 2 is 2.36 bits per heavy atom. The van der Waals surface area contributed by atoms with E-state index >= 15 is 0 Å². The molecule has 0 radical (unpaired) electrons. The zero-order valence-electron chi connectivity index (χ0n) is 8.08. The third-order valence-corrected chi connectivity index (χ3v) is 2.36. The smallest absolute Gasteiger partial charge is 0.142 e.